The fourth-order valence-electron chi connectivity index (χ4n) is 2.99. The number of hydrogen-bond acceptors (Lipinski definition) is 2. The molecule has 1 fully saturated rings. The van der Waals surface area contributed by atoms with E-state index >= 15 is 0 Å². The number of hydrogen-bond donors (Lipinski definition) is 2. The number of carbonyl (C=O) groups is 1. The minimum Gasteiger partial charge on any atom is -0.384 e. The molecule has 0 spiro atoms. The van der Waals surface area contributed by atoms with Crippen molar-refractivity contribution >= 4 is 5.91 Å². The normalized spacial score (nSPS) is 25.1. The zero-order valence-electron chi connectivity index (χ0n) is 12.7. The minimum absolute atomic E-state index is 0.0175. The Hall–Kier alpha value is -1.42. The van der Waals surface area contributed by atoms with Crippen molar-refractivity contribution in [3.05, 3.63) is 35.6 Å². The van der Waals surface area contributed by atoms with Crippen LogP contribution in [0.1, 0.15) is 45.1 Å². The molecule has 0 bridgehead atoms. The van der Waals surface area contributed by atoms with E-state index in [0.29, 0.717) is 11.5 Å². The van der Waals surface area contributed by atoms with Gasteiger partial charge in [-0.1, -0.05) is 31.9 Å². The Labute approximate surface area is 125 Å². The summed E-state index contributed by atoms with van der Waals surface area (Å²) in [6, 6.07) is 5.72. The molecule has 4 heteroatoms. The van der Waals surface area contributed by atoms with Crippen molar-refractivity contribution in [1.29, 1.82) is 0 Å². The second kappa shape index (κ2) is 6.56. The Morgan fingerprint density at radius 1 is 1.38 bits per heavy atom. The molecule has 1 saturated carbocycles. The second-order valence-corrected chi connectivity index (χ2v) is 6.47. The van der Waals surface area contributed by atoms with Crippen molar-refractivity contribution in [2.45, 2.75) is 45.1 Å². The molecule has 1 aliphatic carbocycles. The Kier molecular flexibility index (Phi) is 4.99. The fourth-order valence-corrected chi connectivity index (χ4v) is 2.99. The molecule has 1 aromatic rings. The van der Waals surface area contributed by atoms with Gasteiger partial charge in [-0.3, -0.25) is 4.79 Å². The number of benzene rings is 1. The molecular formula is C17H24FNO2. The fraction of sp³-hybridized carbons (Fsp3) is 0.588. The third-order valence-electron chi connectivity index (χ3n) is 4.38. The van der Waals surface area contributed by atoms with Crippen LogP contribution < -0.4 is 5.32 Å². The standard InChI is InChI=1S/C17H24FNO2/c1-12-4-3-5-13(10-12)16(20)19-11-17(2,21)14-6-8-15(18)9-7-14/h6-9,12-13,21H,3-5,10-11H2,1-2H3,(H,19,20). The topological polar surface area (TPSA) is 49.3 Å². The molecule has 21 heavy (non-hydrogen) atoms. The van der Waals surface area contributed by atoms with Gasteiger partial charge in [0.15, 0.2) is 0 Å². The second-order valence-electron chi connectivity index (χ2n) is 6.47. The first-order chi connectivity index (χ1) is 9.88. The first kappa shape index (κ1) is 16.0. The van der Waals surface area contributed by atoms with Crippen LogP contribution in [-0.2, 0) is 10.4 Å². The molecule has 116 valence electrons. The first-order valence-corrected chi connectivity index (χ1v) is 7.64. The summed E-state index contributed by atoms with van der Waals surface area (Å²) < 4.78 is 12.9. The summed E-state index contributed by atoms with van der Waals surface area (Å²) in [5.74, 6) is 0.323. The quantitative estimate of drug-likeness (QED) is 0.896. The predicted octanol–water partition coefficient (Wildman–Crippen LogP) is 2.98. The summed E-state index contributed by atoms with van der Waals surface area (Å²) in [7, 11) is 0. The van der Waals surface area contributed by atoms with Crippen molar-refractivity contribution < 1.29 is 14.3 Å². The highest BCUT2D eigenvalue weighted by Gasteiger charge is 2.28. The summed E-state index contributed by atoms with van der Waals surface area (Å²) in [6.07, 6.45) is 4.13. The molecule has 2 N–H and O–H groups in total. The lowest BCUT2D eigenvalue weighted by Crippen LogP contribution is -2.42. The Morgan fingerprint density at radius 2 is 2.05 bits per heavy atom. The van der Waals surface area contributed by atoms with Crippen LogP contribution in [0.5, 0.6) is 0 Å². The van der Waals surface area contributed by atoms with Crippen molar-refractivity contribution in [1.82, 2.24) is 5.32 Å². The SMILES string of the molecule is CC1CCCC(C(=O)NCC(C)(O)c2ccc(F)cc2)C1. The first-order valence-electron chi connectivity index (χ1n) is 7.64. The Bertz CT molecular complexity index is 484. The number of aliphatic hydroxyl groups is 1. The number of nitrogens with one attached hydrogen (secondary N) is 1. The van der Waals surface area contributed by atoms with E-state index in [1.54, 1.807) is 19.1 Å². The number of rotatable bonds is 4. The maximum absolute atomic E-state index is 12.9. The van der Waals surface area contributed by atoms with Gasteiger partial charge in [0.1, 0.15) is 11.4 Å². The summed E-state index contributed by atoms with van der Waals surface area (Å²) >= 11 is 0. The number of amides is 1. The number of carbonyl (C=O) groups excluding carboxylic acids is 1. The molecule has 1 aromatic carbocycles. The van der Waals surface area contributed by atoms with Gasteiger partial charge in [-0.2, -0.15) is 0 Å². The van der Waals surface area contributed by atoms with Crippen LogP contribution in [-0.4, -0.2) is 17.6 Å². The van der Waals surface area contributed by atoms with Crippen molar-refractivity contribution in [2.75, 3.05) is 6.54 Å². The smallest absolute Gasteiger partial charge is 0.223 e. The van der Waals surface area contributed by atoms with Crippen LogP contribution in [0, 0.1) is 17.7 Å². The molecule has 0 heterocycles. The van der Waals surface area contributed by atoms with E-state index in [0.717, 1.165) is 19.3 Å². The summed E-state index contributed by atoms with van der Waals surface area (Å²) in [4.78, 5) is 12.2. The van der Waals surface area contributed by atoms with Crippen molar-refractivity contribution in [3.63, 3.8) is 0 Å². The lowest BCUT2D eigenvalue weighted by molar-refractivity contribution is -0.127. The van der Waals surface area contributed by atoms with Crippen LogP contribution in [0.25, 0.3) is 0 Å². The molecule has 0 saturated heterocycles. The molecule has 2 rings (SSSR count). The molecule has 0 aromatic heterocycles. The van der Waals surface area contributed by atoms with Gasteiger partial charge in [0.25, 0.3) is 0 Å². The number of halogens is 1. The van der Waals surface area contributed by atoms with Crippen molar-refractivity contribution in [2.24, 2.45) is 11.8 Å². The Balaban J connectivity index is 1.91. The zero-order chi connectivity index (χ0) is 15.5. The third-order valence-corrected chi connectivity index (χ3v) is 4.38. The highest BCUT2D eigenvalue weighted by molar-refractivity contribution is 5.78. The predicted molar refractivity (Wildman–Crippen MR) is 80.1 cm³/mol. The molecular weight excluding hydrogens is 269 g/mol. The van der Waals surface area contributed by atoms with Gasteiger partial charge in [0, 0.05) is 5.92 Å². The highest BCUT2D eigenvalue weighted by Crippen LogP contribution is 2.29. The van der Waals surface area contributed by atoms with Gasteiger partial charge < -0.3 is 10.4 Å². The van der Waals surface area contributed by atoms with Gasteiger partial charge in [-0.15, -0.1) is 0 Å². The van der Waals surface area contributed by atoms with E-state index in [2.05, 4.69) is 12.2 Å². The highest BCUT2D eigenvalue weighted by atomic mass is 19.1. The van der Waals surface area contributed by atoms with Gasteiger partial charge in [0.2, 0.25) is 5.91 Å². The average molecular weight is 293 g/mol. The van der Waals surface area contributed by atoms with E-state index in [-0.39, 0.29) is 24.2 Å². The monoisotopic (exact) mass is 293 g/mol. The van der Waals surface area contributed by atoms with Crippen LogP contribution >= 0.6 is 0 Å². The molecule has 0 radical (unpaired) electrons. The Morgan fingerprint density at radius 3 is 2.67 bits per heavy atom. The molecule has 1 amide bonds. The molecule has 3 unspecified atom stereocenters. The van der Waals surface area contributed by atoms with Gasteiger partial charge in [-0.25, -0.2) is 4.39 Å². The van der Waals surface area contributed by atoms with Crippen LogP contribution in [0.3, 0.4) is 0 Å². The maximum Gasteiger partial charge on any atom is 0.223 e. The van der Waals surface area contributed by atoms with E-state index in [1.807, 2.05) is 0 Å². The third kappa shape index (κ3) is 4.27. The van der Waals surface area contributed by atoms with E-state index < -0.39 is 5.60 Å². The lowest BCUT2D eigenvalue weighted by atomic mass is 9.82. The van der Waals surface area contributed by atoms with E-state index in [9.17, 15) is 14.3 Å². The minimum atomic E-state index is -1.19. The van der Waals surface area contributed by atoms with Crippen LogP contribution in [0.4, 0.5) is 4.39 Å². The molecule has 3 nitrogen and oxygen atoms in total. The average Bonchev–Trinajstić information content (AvgIpc) is 2.45. The maximum atomic E-state index is 12.9. The zero-order valence-corrected chi connectivity index (χ0v) is 12.7. The molecule has 0 aliphatic heterocycles. The summed E-state index contributed by atoms with van der Waals surface area (Å²) in [5, 5.41) is 13.3. The summed E-state index contributed by atoms with van der Waals surface area (Å²) in [6.45, 7) is 3.94. The summed E-state index contributed by atoms with van der Waals surface area (Å²) in [5.41, 5.74) is -0.592. The van der Waals surface area contributed by atoms with Gasteiger partial charge >= 0.3 is 0 Å². The largest absolute Gasteiger partial charge is 0.384 e. The van der Waals surface area contributed by atoms with E-state index in [4.69, 9.17) is 0 Å². The van der Waals surface area contributed by atoms with Crippen LogP contribution in [0.15, 0.2) is 24.3 Å². The van der Waals surface area contributed by atoms with Gasteiger partial charge in [-0.05, 0) is 43.4 Å². The lowest BCUT2D eigenvalue weighted by Gasteiger charge is -2.28. The van der Waals surface area contributed by atoms with E-state index in [1.165, 1.54) is 18.6 Å². The molecule has 1 aliphatic rings. The van der Waals surface area contributed by atoms with Crippen LogP contribution in [0.2, 0.25) is 0 Å². The van der Waals surface area contributed by atoms with Crippen molar-refractivity contribution in [3.8, 4) is 0 Å². The van der Waals surface area contributed by atoms with Gasteiger partial charge in [0.05, 0.1) is 6.54 Å². The molecule has 3 atom stereocenters.